The predicted octanol–water partition coefficient (Wildman–Crippen LogP) is 4.72. The van der Waals surface area contributed by atoms with E-state index < -0.39 is 23.3 Å². The van der Waals surface area contributed by atoms with Gasteiger partial charge < -0.3 is 5.32 Å². The van der Waals surface area contributed by atoms with Gasteiger partial charge in [-0.15, -0.1) is 11.3 Å². The molecular formula is C20H21F3N4OS. The number of nitrogens with one attached hydrogen (secondary N) is 1. The topological polar surface area (TPSA) is 59.8 Å². The average Bonchev–Trinajstić information content (AvgIpc) is 3.28. The van der Waals surface area contributed by atoms with Gasteiger partial charge in [-0.3, -0.25) is 4.79 Å². The monoisotopic (exact) mass is 422 g/mol. The maximum absolute atomic E-state index is 13.7. The molecule has 1 aromatic carbocycles. The van der Waals surface area contributed by atoms with Gasteiger partial charge in [-0.05, 0) is 45.2 Å². The first-order chi connectivity index (χ1) is 13.8. The molecular weight excluding hydrogens is 401 g/mol. The standard InChI is InChI=1S/C20H21F3N4OS/c1-13-6-8-15(9-7-13)27-18(20(21,22)23)16(11-25-27)19(28)24-10-4-3-5-17-26-14(2)12-29-17/h6-9,11-12H,3-5,10H2,1-2H3,(H,24,28). The number of hydrogen-bond acceptors (Lipinski definition) is 4. The van der Waals surface area contributed by atoms with Crippen LogP contribution in [0.4, 0.5) is 13.2 Å². The van der Waals surface area contributed by atoms with Crippen LogP contribution in [-0.4, -0.2) is 27.2 Å². The van der Waals surface area contributed by atoms with Crippen LogP contribution in [0.1, 0.15) is 45.2 Å². The van der Waals surface area contributed by atoms with Gasteiger partial charge in [0, 0.05) is 17.6 Å². The van der Waals surface area contributed by atoms with Crippen LogP contribution in [0, 0.1) is 13.8 Å². The van der Waals surface area contributed by atoms with Crippen LogP contribution in [-0.2, 0) is 12.6 Å². The second-order valence-electron chi connectivity index (χ2n) is 6.75. The molecule has 2 aromatic heterocycles. The Balaban J connectivity index is 1.66. The van der Waals surface area contributed by atoms with Gasteiger partial charge in [0.05, 0.1) is 22.5 Å². The van der Waals surface area contributed by atoms with E-state index in [-0.39, 0.29) is 12.2 Å². The van der Waals surface area contributed by atoms with Crippen LogP contribution in [0.2, 0.25) is 0 Å². The third-order valence-electron chi connectivity index (χ3n) is 4.33. The number of thiazole rings is 1. The Morgan fingerprint density at radius 3 is 2.52 bits per heavy atom. The molecule has 0 fully saturated rings. The zero-order valence-corrected chi connectivity index (χ0v) is 16.9. The quantitative estimate of drug-likeness (QED) is 0.561. The van der Waals surface area contributed by atoms with Crippen molar-refractivity contribution in [3.8, 4) is 5.69 Å². The molecule has 154 valence electrons. The minimum atomic E-state index is -4.71. The zero-order chi connectivity index (χ0) is 21.0. The minimum absolute atomic E-state index is 0.251. The molecule has 0 unspecified atom stereocenters. The molecule has 1 N–H and O–H groups in total. The fourth-order valence-corrected chi connectivity index (χ4v) is 3.70. The van der Waals surface area contributed by atoms with E-state index >= 15 is 0 Å². The number of rotatable bonds is 7. The first-order valence-corrected chi connectivity index (χ1v) is 10.0. The molecule has 3 aromatic rings. The summed E-state index contributed by atoms with van der Waals surface area (Å²) in [5.74, 6) is -0.777. The molecule has 29 heavy (non-hydrogen) atoms. The number of halogens is 3. The normalized spacial score (nSPS) is 11.6. The zero-order valence-electron chi connectivity index (χ0n) is 16.1. The first-order valence-electron chi connectivity index (χ1n) is 9.17. The summed E-state index contributed by atoms with van der Waals surface area (Å²) < 4.78 is 41.7. The van der Waals surface area contributed by atoms with Gasteiger partial charge in [0.15, 0.2) is 5.69 Å². The summed E-state index contributed by atoms with van der Waals surface area (Å²) in [6.07, 6.45) is -1.51. The highest BCUT2D eigenvalue weighted by atomic mass is 32.1. The molecule has 1 amide bonds. The molecule has 0 aliphatic heterocycles. The van der Waals surface area contributed by atoms with Crippen molar-refractivity contribution >= 4 is 17.2 Å². The molecule has 0 atom stereocenters. The van der Waals surface area contributed by atoms with Gasteiger partial charge in [-0.25, -0.2) is 9.67 Å². The number of carbonyl (C=O) groups is 1. The summed E-state index contributed by atoms with van der Waals surface area (Å²) in [6, 6.07) is 6.47. The van der Waals surface area contributed by atoms with E-state index in [0.717, 1.165) is 40.0 Å². The number of nitrogens with zero attached hydrogens (tertiary/aromatic N) is 3. The van der Waals surface area contributed by atoms with E-state index in [2.05, 4.69) is 15.4 Å². The first kappa shape index (κ1) is 21.0. The van der Waals surface area contributed by atoms with Crippen molar-refractivity contribution in [3.63, 3.8) is 0 Å². The van der Waals surface area contributed by atoms with Crippen molar-refractivity contribution in [1.29, 1.82) is 0 Å². The van der Waals surface area contributed by atoms with Gasteiger partial charge in [0.2, 0.25) is 0 Å². The Kier molecular flexibility index (Phi) is 6.36. The molecule has 0 aliphatic rings. The van der Waals surface area contributed by atoms with Crippen molar-refractivity contribution in [2.24, 2.45) is 0 Å². The van der Waals surface area contributed by atoms with Gasteiger partial charge in [-0.2, -0.15) is 18.3 Å². The number of amides is 1. The Bertz CT molecular complexity index is 977. The van der Waals surface area contributed by atoms with Gasteiger partial charge in [0.1, 0.15) is 0 Å². The van der Waals surface area contributed by atoms with E-state index in [1.807, 2.05) is 19.2 Å². The molecule has 9 heteroatoms. The van der Waals surface area contributed by atoms with Crippen molar-refractivity contribution < 1.29 is 18.0 Å². The fraction of sp³-hybridized carbons (Fsp3) is 0.350. The third-order valence-corrected chi connectivity index (χ3v) is 5.36. The summed E-state index contributed by atoms with van der Waals surface area (Å²) in [5, 5.41) is 9.38. The summed E-state index contributed by atoms with van der Waals surface area (Å²) in [5.41, 5.74) is 0.593. The lowest BCUT2D eigenvalue weighted by atomic mass is 10.2. The number of hydrogen-bond donors (Lipinski definition) is 1. The molecule has 0 bridgehead atoms. The highest BCUT2D eigenvalue weighted by Crippen LogP contribution is 2.33. The van der Waals surface area contributed by atoms with Crippen molar-refractivity contribution in [2.45, 2.75) is 39.3 Å². The van der Waals surface area contributed by atoms with E-state index in [1.54, 1.807) is 35.6 Å². The average molecular weight is 422 g/mol. The van der Waals surface area contributed by atoms with E-state index in [1.165, 1.54) is 0 Å². The molecule has 0 spiro atoms. The minimum Gasteiger partial charge on any atom is -0.352 e. The Labute approximate surface area is 170 Å². The Morgan fingerprint density at radius 1 is 1.17 bits per heavy atom. The lowest BCUT2D eigenvalue weighted by Crippen LogP contribution is -2.27. The van der Waals surface area contributed by atoms with Crippen molar-refractivity contribution in [3.05, 3.63) is 63.4 Å². The summed E-state index contributed by atoms with van der Waals surface area (Å²) in [6.45, 7) is 4.05. The highest BCUT2D eigenvalue weighted by Gasteiger charge is 2.40. The Hall–Kier alpha value is -2.68. The number of unbranched alkanes of at least 4 members (excludes halogenated alkanes) is 1. The maximum Gasteiger partial charge on any atom is 0.434 e. The van der Waals surface area contributed by atoms with Crippen LogP contribution in [0.25, 0.3) is 5.69 Å². The van der Waals surface area contributed by atoms with Crippen LogP contribution in [0.3, 0.4) is 0 Å². The fourth-order valence-electron chi connectivity index (χ4n) is 2.89. The number of benzene rings is 1. The predicted molar refractivity (Wildman–Crippen MR) is 105 cm³/mol. The number of carbonyl (C=O) groups excluding carboxylic acids is 1. The summed E-state index contributed by atoms with van der Waals surface area (Å²) >= 11 is 1.58. The largest absolute Gasteiger partial charge is 0.434 e. The lowest BCUT2D eigenvalue weighted by Gasteiger charge is -2.13. The van der Waals surface area contributed by atoms with Gasteiger partial charge in [-0.1, -0.05) is 17.7 Å². The molecule has 5 nitrogen and oxygen atoms in total. The molecule has 0 radical (unpaired) electrons. The van der Waals surface area contributed by atoms with Gasteiger partial charge in [0.25, 0.3) is 5.91 Å². The SMILES string of the molecule is Cc1ccc(-n2ncc(C(=O)NCCCCc3nc(C)cs3)c2C(F)(F)F)cc1. The molecule has 0 saturated carbocycles. The summed E-state index contributed by atoms with van der Waals surface area (Å²) in [4.78, 5) is 16.7. The lowest BCUT2D eigenvalue weighted by molar-refractivity contribution is -0.143. The van der Waals surface area contributed by atoms with E-state index in [0.29, 0.717) is 6.42 Å². The molecule has 0 aliphatic carbocycles. The smallest absolute Gasteiger partial charge is 0.352 e. The number of alkyl halides is 3. The third kappa shape index (κ3) is 5.23. The van der Waals surface area contributed by atoms with Crippen molar-refractivity contribution in [2.75, 3.05) is 6.54 Å². The number of aromatic nitrogens is 3. The van der Waals surface area contributed by atoms with Crippen LogP contribution < -0.4 is 5.32 Å². The van der Waals surface area contributed by atoms with Crippen LogP contribution >= 0.6 is 11.3 Å². The van der Waals surface area contributed by atoms with Crippen molar-refractivity contribution in [1.82, 2.24) is 20.1 Å². The van der Waals surface area contributed by atoms with Crippen LogP contribution in [0.15, 0.2) is 35.8 Å². The van der Waals surface area contributed by atoms with Crippen LogP contribution in [0.5, 0.6) is 0 Å². The second-order valence-corrected chi connectivity index (χ2v) is 7.69. The van der Waals surface area contributed by atoms with E-state index in [9.17, 15) is 18.0 Å². The molecule has 0 saturated heterocycles. The summed E-state index contributed by atoms with van der Waals surface area (Å²) in [7, 11) is 0. The molecule has 3 rings (SSSR count). The molecule has 2 heterocycles. The second kappa shape index (κ2) is 8.77. The maximum atomic E-state index is 13.7. The van der Waals surface area contributed by atoms with E-state index in [4.69, 9.17) is 0 Å². The Morgan fingerprint density at radius 2 is 1.90 bits per heavy atom. The number of aryl methyl sites for hydroxylation is 3. The highest BCUT2D eigenvalue weighted by molar-refractivity contribution is 7.09. The van der Waals surface area contributed by atoms with Gasteiger partial charge >= 0.3 is 6.18 Å².